The minimum Gasteiger partial charge on any atom is -0.443 e. The van der Waals surface area contributed by atoms with Gasteiger partial charge in [-0.25, -0.2) is 15.0 Å². The van der Waals surface area contributed by atoms with E-state index in [-0.39, 0.29) is 17.9 Å². The number of halogens is 3. The molecule has 0 unspecified atom stereocenters. The van der Waals surface area contributed by atoms with Gasteiger partial charge in [0.25, 0.3) is 0 Å². The van der Waals surface area contributed by atoms with Crippen molar-refractivity contribution in [3.63, 3.8) is 0 Å². The van der Waals surface area contributed by atoms with Crippen LogP contribution in [0.25, 0.3) is 0 Å². The third kappa shape index (κ3) is 3.93. The normalized spacial score (nSPS) is 12.5. The van der Waals surface area contributed by atoms with Crippen LogP contribution in [0.5, 0.6) is 0 Å². The third-order valence-electron chi connectivity index (χ3n) is 2.64. The summed E-state index contributed by atoms with van der Waals surface area (Å²) in [5.41, 5.74) is -1.18. The van der Waals surface area contributed by atoms with E-state index in [9.17, 15) is 13.2 Å². The summed E-state index contributed by atoms with van der Waals surface area (Å²) in [6.45, 7) is 6.03. The van der Waals surface area contributed by atoms with Crippen LogP contribution < -0.4 is 5.32 Å². The minimum atomic E-state index is -4.50. The van der Waals surface area contributed by atoms with Crippen LogP contribution in [0, 0.1) is 0 Å². The summed E-state index contributed by atoms with van der Waals surface area (Å²) in [5.74, 6) is 0.936. The van der Waals surface area contributed by atoms with Gasteiger partial charge in [0.15, 0.2) is 0 Å². The highest BCUT2D eigenvalue weighted by Crippen LogP contribution is 2.27. The van der Waals surface area contributed by atoms with E-state index in [0.717, 1.165) is 12.3 Å². The highest BCUT2D eigenvalue weighted by Gasteiger charge is 2.32. The van der Waals surface area contributed by atoms with E-state index in [1.165, 1.54) is 0 Å². The second-order valence-corrected chi connectivity index (χ2v) is 5.49. The number of alkyl halides is 3. The molecule has 114 valence electrons. The number of anilines is 1. The Morgan fingerprint density at radius 2 is 1.90 bits per heavy atom. The highest BCUT2D eigenvalue weighted by molar-refractivity contribution is 5.26. The van der Waals surface area contributed by atoms with Gasteiger partial charge in [-0.05, 0) is 6.07 Å². The quantitative estimate of drug-likeness (QED) is 0.941. The van der Waals surface area contributed by atoms with E-state index in [1.807, 2.05) is 20.8 Å². The summed E-state index contributed by atoms with van der Waals surface area (Å²) >= 11 is 0. The maximum Gasteiger partial charge on any atom is 0.433 e. The average Bonchev–Trinajstić information content (AvgIpc) is 2.84. The lowest BCUT2D eigenvalue weighted by Gasteiger charge is -2.13. The van der Waals surface area contributed by atoms with E-state index in [2.05, 4.69) is 20.3 Å². The monoisotopic (exact) mass is 300 g/mol. The molecule has 0 bridgehead atoms. The lowest BCUT2D eigenvalue weighted by Crippen LogP contribution is -2.11. The number of hydrogen-bond acceptors (Lipinski definition) is 5. The van der Waals surface area contributed by atoms with Crippen molar-refractivity contribution in [2.45, 2.75) is 38.9 Å². The molecule has 0 radical (unpaired) electrons. The maximum absolute atomic E-state index is 12.5. The summed E-state index contributed by atoms with van der Waals surface area (Å²) in [5, 5.41) is 2.66. The molecular formula is C13H15F3N4O. The summed E-state index contributed by atoms with van der Waals surface area (Å²) in [6.07, 6.45) is -1.85. The Hall–Kier alpha value is -2.12. The zero-order chi connectivity index (χ0) is 15.7. The topological polar surface area (TPSA) is 63.8 Å². The van der Waals surface area contributed by atoms with Crippen molar-refractivity contribution < 1.29 is 17.6 Å². The van der Waals surface area contributed by atoms with Gasteiger partial charge in [0.05, 0.1) is 12.7 Å². The van der Waals surface area contributed by atoms with Gasteiger partial charge in [-0.3, -0.25) is 0 Å². The zero-order valence-electron chi connectivity index (χ0n) is 11.8. The predicted octanol–water partition coefficient (Wildman–Crippen LogP) is 3.39. The fraction of sp³-hybridized carbons (Fsp3) is 0.462. The molecule has 1 N–H and O–H groups in total. The van der Waals surface area contributed by atoms with E-state index >= 15 is 0 Å². The van der Waals surface area contributed by atoms with Crippen LogP contribution in [-0.4, -0.2) is 15.0 Å². The number of nitrogens with one attached hydrogen (secondary N) is 1. The molecule has 2 aromatic rings. The lowest BCUT2D eigenvalue weighted by molar-refractivity contribution is -0.141. The molecule has 0 amide bonds. The van der Waals surface area contributed by atoms with Gasteiger partial charge in [-0.15, -0.1) is 0 Å². The second kappa shape index (κ2) is 5.34. The minimum absolute atomic E-state index is 0.109. The van der Waals surface area contributed by atoms with Crippen molar-refractivity contribution in [1.29, 1.82) is 0 Å². The van der Waals surface area contributed by atoms with Gasteiger partial charge in [0.2, 0.25) is 11.8 Å². The van der Waals surface area contributed by atoms with Crippen molar-refractivity contribution in [3.05, 3.63) is 35.8 Å². The van der Waals surface area contributed by atoms with Gasteiger partial charge < -0.3 is 9.73 Å². The van der Waals surface area contributed by atoms with Crippen LogP contribution in [0.4, 0.5) is 19.1 Å². The molecular weight excluding hydrogens is 285 g/mol. The van der Waals surface area contributed by atoms with Crippen molar-refractivity contribution in [2.24, 2.45) is 0 Å². The van der Waals surface area contributed by atoms with E-state index in [1.54, 1.807) is 6.20 Å². The van der Waals surface area contributed by atoms with Crippen molar-refractivity contribution >= 4 is 5.95 Å². The van der Waals surface area contributed by atoms with E-state index < -0.39 is 11.9 Å². The molecule has 2 rings (SSSR count). The Morgan fingerprint density at radius 3 is 2.48 bits per heavy atom. The first kappa shape index (κ1) is 15.3. The molecule has 0 saturated carbocycles. The van der Waals surface area contributed by atoms with Crippen molar-refractivity contribution in [1.82, 2.24) is 15.0 Å². The maximum atomic E-state index is 12.5. The first-order valence-corrected chi connectivity index (χ1v) is 6.25. The molecule has 5 nitrogen and oxygen atoms in total. The Balaban J connectivity index is 2.05. The Morgan fingerprint density at radius 1 is 1.19 bits per heavy atom. The molecule has 8 heteroatoms. The summed E-state index contributed by atoms with van der Waals surface area (Å²) in [4.78, 5) is 11.2. The Kier molecular flexibility index (Phi) is 3.89. The van der Waals surface area contributed by atoms with Crippen LogP contribution in [0.2, 0.25) is 0 Å². The first-order chi connectivity index (χ1) is 9.66. The molecule has 0 aliphatic heterocycles. The van der Waals surface area contributed by atoms with Gasteiger partial charge >= 0.3 is 6.18 Å². The SMILES string of the molecule is CC(C)(C)c1cnc(CNc2nccc(C(F)(F)F)n2)o1. The molecule has 0 aliphatic carbocycles. The summed E-state index contributed by atoms with van der Waals surface area (Å²) in [7, 11) is 0. The molecule has 0 atom stereocenters. The van der Waals surface area contributed by atoms with Gasteiger partial charge in [-0.1, -0.05) is 20.8 Å². The van der Waals surface area contributed by atoms with Crippen LogP contribution in [-0.2, 0) is 18.1 Å². The second-order valence-electron chi connectivity index (χ2n) is 5.49. The van der Waals surface area contributed by atoms with E-state index in [0.29, 0.717) is 11.7 Å². The molecule has 2 heterocycles. The average molecular weight is 300 g/mol. The molecule has 0 aromatic carbocycles. The van der Waals surface area contributed by atoms with Crippen molar-refractivity contribution in [3.8, 4) is 0 Å². The Bertz CT molecular complexity index is 616. The molecule has 0 spiro atoms. The third-order valence-corrected chi connectivity index (χ3v) is 2.64. The summed E-state index contributed by atoms with van der Waals surface area (Å²) < 4.78 is 43.1. The first-order valence-electron chi connectivity index (χ1n) is 6.25. The largest absolute Gasteiger partial charge is 0.443 e. The van der Waals surface area contributed by atoms with Crippen LogP contribution >= 0.6 is 0 Å². The van der Waals surface area contributed by atoms with Crippen molar-refractivity contribution in [2.75, 3.05) is 5.32 Å². The van der Waals surface area contributed by atoms with Crippen LogP contribution in [0.1, 0.15) is 38.1 Å². The fourth-order valence-corrected chi connectivity index (χ4v) is 1.50. The van der Waals surface area contributed by atoms with Gasteiger partial charge in [0.1, 0.15) is 11.5 Å². The molecule has 0 aliphatic rings. The molecule has 2 aromatic heterocycles. The standard InChI is InChI=1S/C13H15F3N4O/c1-12(2,3)9-6-18-10(21-9)7-19-11-17-5-4-8(20-11)13(14,15)16/h4-6H,7H2,1-3H3,(H,17,19,20). The fourth-order valence-electron chi connectivity index (χ4n) is 1.50. The number of hydrogen-bond donors (Lipinski definition) is 1. The molecule has 0 fully saturated rings. The van der Waals surface area contributed by atoms with Crippen LogP contribution in [0.15, 0.2) is 22.9 Å². The molecule has 0 saturated heterocycles. The number of rotatable bonds is 3. The lowest BCUT2D eigenvalue weighted by atomic mass is 9.94. The van der Waals surface area contributed by atoms with Gasteiger partial charge in [-0.2, -0.15) is 13.2 Å². The predicted molar refractivity (Wildman–Crippen MR) is 69.6 cm³/mol. The molecule has 21 heavy (non-hydrogen) atoms. The summed E-state index contributed by atoms with van der Waals surface area (Å²) in [6, 6.07) is 0.814. The number of oxazole rings is 1. The Labute approximate surface area is 119 Å². The van der Waals surface area contributed by atoms with E-state index in [4.69, 9.17) is 4.42 Å². The van der Waals surface area contributed by atoms with Gasteiger partial charge in [0, 0.05) is 11.6 Å². The zero-order valence-corrected chi connectivity index (χ0v) is 11.8. The number of nitrogens with zero attached hydrogens (tertiary/aromatic N) is 3. The van der Waals surface area contributed by atoms with Crippen LogP contribution in [0.3, 0.4) is 0 Å². The highest BCUT2D eigenvalue weighted by atomic mass is 19.4. The number of aromatic nitrogens is 3. The smallest absolute Gasteiger partial charge is 0.433 e.